The summed E-state index contributed by atoms with van der Waals surface area (Å²) in [5.74, 6) is -0.614. The fourth-order valence-electron chi connectivity index (χ4n) is 2.71. The first-order valence-corrected chi connectivity index (χ1v) is 9.47. The third-order valence-electron chi connectivity index (χ3n) is 4.22. The van der Waals surface area contributed by atoms with Gasteiger partial charge in [0.2, 0.25) is 5.91 Å². The Bertz CT molecular complexity index is 1020. The van der Waals surface area contributed by atoms with Gasteiger partial charge in [-0.3, -0.25) is 9.59 Å². The Hall–Kier alpha value is -2.92. The number of fused-ring (bicyclic) bond motifs is 1. The highest BCUT2D eigenvalue weighted by atomic mass is 32.1. The van der Waals surface area contributed by atoms with Gasteiger partial charge in [0, 0.05) is 26.9 Å². The van der Waals surface area contributed by atoms with Gasteiger partial charge in [-0.15, -0.1) is 11.3 Å². The van der Waals surface area contributed by atoms with Crippen molar-refractivity contribution in [3.63, 3.8) is 0 Å². The molecule has 3 aromatic rings. The average molecular weight is 378 g/mol. The maximum absolute atomic E-state index is 12.5. The molecule has 0 aliphatic rings. The third kappa shape index (κ3) is 4.63. The van der Waals surface area contributed by atoms with Crippen LogP contribution in [-0.2, 0) is 10.2 Å². The molecule has 27 heavy (non-hydrogen) atoms. The Morgan fingerprint density at radius 3 is 2.37 bits per heavy atom. The van der Waals surface area contributed by atoms with E-state index in [1.165, 1.54) is 11.6 Å². The van der Waals surface area contributed by atoms with Crippen molar-refractivity contribution in [3.05, 3.63) is 70.6 Å². The predicted molar refractivity (Wildman–Crippen MR) is 113 cm³/mol. The van der Waals surface area contributed by atoms with Crippen molar-refractivity contribution < 1.29 is 9.59 Å². The average Bonchev–Trinajstić information content (AvgIpc) is 3.01. The molecule has 1 heterocycles. The third-order valence-corrected chi connectivity index (χ3v) is 5.30. The number of nitrogens with two attached hydrogens (primary N) is 1. The number of thiophene rings is 1. The molecule has 0 bridgehead atoms. The van der Waals surface area contributed by atoms with Crippen LogP contribution in [0.3, 0.4) is 0 Å². The first kappa shape index (κ1) is 18.9. The van der Waals surface area contributed by atoms with Crippen molar-refractivity contribution in [3.8, 4) is 0 Å². The molecule has 0 fully saturated rings. The Kier molecular flexibility index (Phi) is 5.15. The van der Waals surface area contributed by atoms with Crippen LogP contribution in [-0.4, -0.2) is 11.8 Å². The predicted octanol–water partition coefficient (Wildman–Crippen LogP) is 4.95. The number of anilines is 1. The molecule has 5 heteroatoms. The van der Waals surface area contributed by atoms with Crippen LogP contribution < -0.4 is 11.1 Å². The molecule has 1 aromatic heterocycles. The fraction of sp³-hybridized carbons (Fsp3) is 0.182. The van der Waals surface area contributed by atoms with Crippen LogP contribution in [0, 0.1) is 0 Å². The van der Waals surface area contributed by atoms with Crippen LogP contribution >= 0.6 is 11.3 Å². The Labute approximate surface area is 162 Å². The summed E-state index contributed by atoms with van der Waals surface area (Å²) in [7, 11) is 0. The van der Waals surface area contributed by atoms with E-state index < -0.39 is 5.91 Å². The highest BCUT2D eigenvalue weighted by Crippen LogP contribution is 2.29. The van der Waals surface area contributed by atoms with Gasteiger partial charge in [-0.05, 0) is 58.8 Å². The molecule has 3 rings (SSSR count). The maximum atomic E-state index is 12.5. The van der Waals surface area contributed by atoms with E-state index in [1.807, 2.05) is 48.5 Å². The van der Waals surface area contributed by atoms with Gasteiger partial charge in [0.15, 0.2) is 0 Å². The minimum Gasteiger partial charge on any atom is -0.366 e. The standard InChI is InChI=1S/C22H22N2O2S/c1-22(2,3)16-6-4-14(5-7-16)21(26)24-17-8-10-19-15(12-17)13-18(27-19)9-11-20(23)25/h4-13H,1-3H3,(H2,23,25)(H,24,26). The molecule has 3 N–H and O–H groups in total. The molecule has 0 radical (unpaired) electrons. The molecule has 0 saturated carbocycles. The summed E-state index contributed by atoms with van der Waals surface area (Å²) in [6.07, 6.45) is 3.04. The maximum Gasteiger partial charge on any atom is 0.255 e. The summed E-state index contributed by atoms with van der Waals surface area (Å²) in [6, 6.07) is 15.4. The van der Waals surface area contributed by atoms with E-state index in [2.05, 4.69) is 26.1 Å². The first-order chi connectivity index (χ1) is 12.7. The van der Waals surface area contributed by atoms with E-state index in [1.54, 1.807) is 17.4 Å². The van der Waals surface area contributed by atoms with Crippen molar-refractivity contribution in [2.45, 2.75) is 26.2 Å². The highest BCUT2D eigenvalue weighted by molar-refractivity contribution is 7.19. The molecule has 4 nitrogen and oxygen atoms in total. The number of rotatable bonds is 4. The van der Waals surface area contributed by atoms with Gasteiger partial charge >= 0.3 is 0 Å². The molecule has 2 aromatic carbocycles. The number of primary amides is 1. The second kappa shape index (κ2) is 7.37. The van der Waals surface area contributed by atoms with Crippen LogP contribution in [0.5, 0.6) is 0 Å². The first-order valence-electron chi connectivity index (χ1n) is 8.65. The molecule has 138 valence electrons. The van der Waals surface area contributed by atoms with Crippen molar-refractivity contribution in [1.82, 2.24) is 0 Å². The van der Waals surface area contributed by atoms with Crippen LogP contribution in [0.15, 0.2) is 54.6 Å². The SMILES string of the molecule is CC(C)(C)c1ccc(C(=O)Nc2ccc3sc(C=CC(N)=O)cc3c2)cc1. The Morgan fingerprint density at radius 2 is 1.74 bits per heavy atom. The molecule has 0 aliphatic carbocycles. The van der Waals surface area contributed by atoms with Gasteiger partial charge in [0.05, 0.1) is 0 Å². The molecule has 2 amide bonds. The summed E-state index contributed by atoms with van der Waals surface area (Å²) in [5.41, 5.74) is 7.73. The largest absolute Gasteiger partial charge is 0.366 e. The van der Waals surface area contributed by atoms with Crippen molar-refractivity contribution in [1.29, 1.82) is 0 Å². The number of nitrogens with one attached hydrogen (secondary N) is 1. The van der Waals surface area contributed by atoms with E-state index in [0.29, 0.717) is 5.56 Å². The summed E-state index contributed by atoms with van der Waals surface area (Å²) >= 11 is 1.56. The number of hydrogen-bond acceptors (Lipinski definition) is 3. The summed E-state index contributed by atoms with van der Waals surface area (Å²) in [6.45, 7) is 6.43. The lowest BCUT2D eigenvalue weighted by atomic mass is 9.87. The van der Waals surface area contributed by atoms with Crippen molar-refractivity contribution in [2.75, 3.05) is 5.32 Å². The van der Waals surface area contributed by atoms with E-state index in [0.717, 1.165) is 20.7 Å². The minimum absolute atomic E-state index is 0.0552. The quantitative estimate of drug-likeness (QED) is 0.631. The lowest BCUT2D eigenvalue weighted by molar-refractivity contribution is -0.113. The summed E-state index contributed by atoms with van der Waals surface area (Å²) < 4.78 is 1.08. The van der Waals surface area contributed by atoms with Gasteiger partial charge in [-0.2, -0.15) is 0 Å². The zero-order valence-electron chi connectivity index (χ0n) is 15.6. The molecular formula is C22H22N2O2S. The monoisotopic (exact) mass is 378 g/mol. The Balaban J connectivity index is 1.77. The van der Waals surface area contributed by atoms with Gasteiger partial charge < -0.3 is 11.1 Å². The van der Waals surface area contributed by atoms with Crippen LogP contribution in [0.4, 0.5) is 5.69 Å². The number of hydrogen-bond donors (Lipinski definition) is 2. The van der Waals surface area contributed by atoms with Gasteiger partial charge in [-0.1, -0.05) is 32.9 Å². The second-order valence-electron chi connectivity index (χ2n) is 7.42. The van der Waals surface area contributed by atoms with E-state index in [-0.39, 0.29) is 11.3 Å². The summed E-state index contributed by atoms with van der Waals surface area (Å²) in [4.78, 5) is 24.3. The number of benzene rings is 2. The fourth-order valence-corrected chi connectivity index (χ4v) is 3.66. The highest BCUT2D eigenvalue weighted by Gasteiger charge is 2.14. The van der Waals surface area contributed by atoms with Crippen molar-refractivity contribution >= 4 is 45.0 Å². The zero-order chi connectivity index (χ0) is 19.6. The number of carbonyl (C=O) groups is 2. The lowest BCUT2D eigenvalue weighted by Gasteiger charge is -2.19. The van der Waals surface area contributed by atoms with Gasteiger partial charge in [0.25, 0.3) is 5.91 Å². The van der Waals surface area contributed by atoms with Gasteiger partial charge in [-0.25, -0.2) is 0 Å². The van der Waals surface area contributed by atoms with Gasteiger partial charge in [0.1, 0.15) is 0 Å². The molecule has 0 unspecified atom stereocenters. The van der Waals surface area contributed by atoms with E-state index in [9.17, 15) is 9.59 Å². The number of amides is 2. The lowest BCUT2D eigenvalue weighted by Crippen LogP contribution is -2.14. The zero-order valence-corrected chi connectivity index (χ0v) is 16.4. The van der Waals surface area contributed by atoms with E-state index in [4.69, 9.17) is 5.73 Å². The Morgan fingerprint density at radius 1 is 1.04 bits per heavy atom. The van der Waals surface area contributed by atoms with Crippen LogP contribution in [0.25, 0.3) is 16.2 Å². The molecule has 0 atom stereocenters. The molecular weight excluding hydrogens is 356 g/mol. The molecule has 0 aliphatic heterocycles. The van der Waals surface area contributed by atoms with Crippen LogP contribution in [0.1, 0.15) is 41.6 Å². The smallest absolute Gasteiger partial charge is 0.255 e. The van der Waals surface area contributed by atoms with Crippen molar-refractivity contribution in [2.24, 2.45) is 5.73 Å². The summed E-state index contributed by atoms with van der Waals surface area (Å²) in [5, 5.41) is 3.95. The topological polar surface area (TPSA) is 72.2 Å². The normalized spacial score (nSPS) is 11.8. The minimum atomic E-state index is -0.474. The molecule has 0 spiro atoms. The van der Waals surface area contributed by atoms with E-state index >= 15 is 0 Å². The molecule has 0 saturated heterocycles. The van der Waals surface area contributed by atoms with Crippen LogP contribution in [0.2, 0.25) is 0 Å². The second-order valence-corrected chi connectivity index (χ2v) is 8.53. The number of carbonyl (C=O) groups excluding carboxylic acids is 2.